The molecule has 0 spiro atoms. The second-order valence-corrected chi connectivity index (χ2v) is 8.25. The van der Waals surface area contributed by atoms with Crippen molar-refractivity contribution in [2.75, 3.05) is 0 Å². The molecule has 2 fully saturated rings. The quantitative estimate of drug-likeness (QED) is 0.754. The van der Waals surface area contributed by atoms with Crippen LogP contribution in [0.1, 0.15) is 56.2 Å². The van der Waals surface area contributed by atoms with Crippen molar-refractivity contribution in [3.63, 3.8) is 0 Å². The molecule has 0 saturated heterocycles. The Labute approximate surface area is 150 Å². The number of phenols is 1. The van der Waals surface area contributed by atoms with Gasteiger partial charge in [0, 0.05) is 22.8 Å². The Bertz CT molecular complexity index is 778. The molecule has 2 aromatic rings. The molecule has 0 aromatic heterocycles. The summed E-state index contributed by atoms with van der Waals surface area (Å²) in [4.78, 5) is 4.85. The zero-order valence-electron chi connectivity index (χ0n) is 15.2. The summed E-state index contributed by atoms with van der Waals surface area (Å²) in [5, 5.41) is 10.9. The van der Waals surface area contributed by atoms with Crippen LogP contribution in [0.5, 0.6) is 5.75 Å². The smallest absolute Gasteiger partial charge is 0.128 e. The van der Waals surface area contributed by atoms with Crippen LogP contribution >= 0.6 is 0 Å². The van der Waals surface area contributed by atoms with Crippen molar-refractivity contribution in [1.82, 2.24) is 0 Å². The van der Waals surface area contributed by atoms with Gasteiger partial charge in [0.25, 0.3) is 0 Å². The zero-order valence-corrected chi connectivity index (χ0v) is 15.2. The molecule has 130 valence electrons. The molecule has 2 aliphatic rings. The molecule has 0 heterocycles. The van der Waals surface area contributed by atoms with E-state index in [-0.39, 0.29) is 5.41 Å². The van der Waals surface area contributed by atoms with E-state index in [4.69, 9.17) is 4.99 Å². The number of rotatable bonds is 4. The summed E-state index contributed by atoms with van der Waals surface area (Å²) < 4.78 is 0. The van der Waals surface area contributed by atoms with Gasteiger partial charge in [-0.15, -0.1) is 0 Å². The lowest BCUT2D eigenvalue weighted by Crippen LogP contribution is -2.19. The summed E-state index contributed by atoms with van der Waals surface area (Å²) in [6, 6.07) is 16.9. The first-order valence-electron chi connectivity index (χ1n) is 9.47. The van der Waals surface area contributed by atoms with E-state index in [1.54, 1.807) is 0 Å². The molecule has 2 bridgehead atoms. The summed E-state index contributed by atoms with van der Waals surface area (Å²) in [6.45, 7) is 4.32. The van der Waals surface area contributed by atoms with Gasteiger partial charge in [-0.05, 0) is 42.7 Å². The summed E-state index contributed by atoms with van der Waals surface area (Å²) in [5.41, 5.74) is 2.74. The van der Waals surface area contributed by atoms with Crippen molar-refractivity contribution in [2.45, 2.75) is 51.0 Å². The molecule has 2 heteroatoms. The largest absolute Gasteiger partial charge is 0.507 e. The van der Waals surface area contributed by atoms with E-state index >= 15 is 0 Å². The molecule has 0 amide bonds. The Morgan fingerprint density at radius 3 is 2.48 bits per heavy atom. The average Bonchev–Trinajstić information content (AvgIpc) is 3.24. The molecule has 3 unspecified atom stereocenters. The zero-order chi connectivity index (χ0) is 17.4. The number of phenolic OH excluding ortho intramolecular Hbond substituents is 1. The maximum atomic E-state index is 10.9. The third kappa shape index (κ3) is 2.99. The number of para-hydroxylation sites is 1. The first-order valence-corrected chi connectivity index (χ1v) is 9.47. The van der Waals surface area contributed by atoms with E-state index in [1.807, 2.05) is 30.5 Å². The van der Waals surface area contributed by atoms with Crippen LogP contribution in [0.15, 0.2) is 53.5 Å². The van der Waals surface area contributed by atoms with Gasteiger partial charge in [-0.25, -0.2) is 0 Å². The van der Waals surface area contributed by atoms with Crippen LogP contribution in [-0.4, -0.2) is 17.4 Å². The Morgan fingerprint density at radius 2 is 1.80 bits per heavy atom. The molecule has 2 aliphatic carbocycles. The van der Waals surface area contributed by atoms with Crippen molar-refractivity contribution in [3.8, 4) is 5.75 Å². The Hall–Kier alpha value is -2.09. The molecule has 1 N–H and O–H groups in total. The highest BCUT2D eigenvalue weighted by Gasteiger charge is 2.39. The highest BCUT2D eigenvalue weighted by atomic mass is 16.3. The molecule has 2 nitrogen and oxygen atoms in total. The number of benzene rings is 2. The number of aromatic hydroxyl groups is 1. The Kier molecular flexibility index (Phi) is 4.15. The van der Waals surface area contributed by atoms with Gasteiger partial charge in [0.15, 0.2) is 0 Å². The third-order valence-electron chi connectivity index (χ3n) is 6.34. The van der Waals surface area contributed by atoms with Crippen molar-refractivity contribution in [3.05, 3.63) is 65.2 Å². The molecule has 25 heavy (non-hydrogen) atoms. The fraction of sp³-hybridized carbons (Fsp3) is 0.435. The lowest BCUT2D eigenvalue weighted by Gasteiger charge is -2.27. The van der Waals surface area contributed by atoms with E-state index < -0.39 is 0 Å². The van der Waals surface area contributed by atoms with Gasteiger partial charge in [0.2, 0.25) is 0 Å². The maximum absolute atomic E-state index is 10.9. The van der Waals surface area contributed by atoms with Crippen molar-refractivity contribution < 1.29 is 5.11 Å². The Balaban J connectivity index is 1.62. The van der Waals surface area contributed by atoms with Crippen molar-refractivity contribution >= 4 is 6.21 Å². The second kappa shape index (κ2) is 6.33. The van der Waals surface area contributed by atoms with E-state index in [2.05, 4.69) is 38.1 Å². The standard InChI is InChI=1S/C23H27NO/c1-23(2,19-8-4-3-5-9-19)20-10-6-7-18(22(20)25)15-24-21-14-16-11-12-17(21)13-16/h3-10,15-17,21,25H,11-14H2,1-2H3. The van der Waals surface area contributed by atoms with Crippen LogP contribution in [0.3, 0.4) is 0 Å². The van der Waals surface area contributed by atoms with Gasteiger partial charge < -0.3 is 5.11 Å². The lowest BCUT2D eigenvalue weighted by atomic mass is 9.77. The molecule has 0 radical (unpaired) electrons. The highest BCUT2D eigenvalue weighted by Crippen LogP contribution is 2.46. The molecular formula is C23H27NO. The fourth-order valence-electron chi connectivity index (χ4n) is 4.75. The lowest BCUT2D eigenvalue weighted by molar-refractivity contribution is 0.421. The molecule has 2 aromatic carbocycles. The van der Waals surface area contributed by atoms with Crippen LogP contribution in [0.4, 0.5) is 0 Å². The van der Waals surface area contributed by atoms with Gasteiger partial charge in [0.05, 0.1) is 6.04 Å². The monoisotopic (exact) mass is 333 g/mol. The van der Waals surface area contributed by atoms with E-state index in [0.717, 1.165) is 23.0 Å². The molecular weight excluding hydrogens is 306 g/mol. The molecule has 0 aliphatic heterocycles. The first-order chi connectivity index (χ1) is 12.1. The predicted octanol–water partition coefficient (Wildman–Crippen LogP) is 5.33. The average molecular weight is 333 g/mol. The van der Waals surface area contributed by atoms with Gasteiger partial charge in [-0.1, -0.05) is 62.7 Å². The minimum atomic E-state index is -0.248. The molecule has 3 atom stereocenters. The number of aliphatic imine (C=N–C) groups is 1. The van der Waals surface area contributed by atoms with Crippen LogP contribution in [0.2, 0.25) is 0 Å². The van der Waals surface area contributed by atoms with Crippen LogP contribution < -0.4 is 0 Å². The van der Waals surface area contributed by atoms with Crippen LogP contribution in [0, 0.1) is 11.8 Å². The maximum Gasteiger partial charge on any atom is 0.128 e. The molecule has 2 saturated carbocycles. The number of fused-ring (bicyclic) bond motifs is 2. The predicted molar refractivity (Wildman–Crippen MR) is 104 cm³/mol. The van der Waals surface area contributed by atoms with Gasteiger partial charge in [0.1, 0.15) is 5.75 Å². The van der Waals surface area contributed by atoms with E-state index in [0.29, 0.717) is 11.8 Å². The number of hydrogen-bond donors (Lipinski definition) is 1. The van der Waals surface area contributed by atoms with Crippen LogP contribution in [-0.2, 0) is 5.41 Å². The minimum Gasteiger partial charge on any atom is -0.507 e. The third-order valence-corrected chi connectivity index (χ3v) is 6.34. The van der Waals surface area contributed by atoms with Gasteiger partial charge >= 0.3 is 0 Å². The fourth-order valence-corrected chi connectivity index (χ4v) is 4.75. The minimum absolute atomic E-state index is 0.248. The van der Waals surface area contributed by atoms with Crippen molar-refractivity contribution in [1.29, 1.82) is 0 Å². The SMILES string of the molecule is CC(C)(c1ccccc1)c1cccc(C=NC2CC3CCC2C3)c1O. The highest BCUT2D eigenvalue weighted by molar-refractivity contribution is 5.84. The summed E-state index contributed by atoms with van der Waals surface area (Å²) >= 11 is 0. The van der Waals surface area contributed by atoms with E-state index in [1.165, 1.54) is 31.2 Å². The van der Waals surface area contributed by atoms with Gasteiger partial charge in [-0.3, -0.25) is 4.99 Å². The second-order valence-electron chi connectivity index (χ2n) is 8.25. The number of hydrogen-bond acceptors (Lipinski definition) is 2. The van der Waals surface area contributed by atoms with Gasteiger partial charge in [-0.2, -0.15) is 0 Å². The van der Waals surface area contributed by atoms with E-state index in [9.17, 15) is 5.11 Å². The Morgan fingerprint density at radius 1 is 1.00 bits per heavy atom. The normalized spacial score (nSPS) is 25.8. The van der Waals surface area contributed by atoms with Crippen molar-refractivity contribution in [2.24, 2.45) is 16.8 Å². The van der Waals surface area contributed by atoms with Crippen LogP contribution in [0.25, 0.3) is 0 Å². The summed E-state index contributed by atoms with van der Waals surface area (Å²) in [6.07, 6.45) is 7.22. The first kappa shape index (κ1) is 16.4. The summed E-state index contributed by atoms with van der Waals surface area (Å²) in [7, 11) is 0. The number of nitrogens with zero attached hydrogens (tertiary/aromatic N) is 1. The molecule has 4 rings (SSSR count). The topological polar surface area (TPSA) is 32.6 Å². The summed E-state index contributed by atoms with van der Waals surface area (Å²) in [5.74, 6) is 2.03.